The number of hydrogen-bond donors (Lipinski definition) is 0. The zero-order chi connectivity index (χ0) is 17.7. The maximum atomic E-state index is 13.1. The van der Waals surface area contributed by atoms with Gasteiger partial charge in [-0.05, 0) is 17.3 Å². The number of hydrogen-bond acceptors (Lipinski definition) is 0. The Morgan fingerprint density at radius 3 is 1.36 bits per heavy atom. The molecule has 10 heteroatoms. The molecular formula is C12H16F9I. The number of alkyl halides is 10. The lowest BCUT2D eigenvalue weighted by Crippen LogP contribution is -2.60. The van der Waals surface area contributed by atoms with Gasteiger partial charge in [0.25, 0.3) is 0 Å². The Morgan fingerprint density at radius 2 is 0.955 bits per heavy atom. The van der Waals surface area contributed by atoms with Gasteiger partial charge >= 0.3 is 23.9 Å². The van der Waals surface area contributed by atoms with Gasteiger partial charge in [-0.2, -0.15) is 39.5 Å². The molecule has 0 aromatic carbocycles. The highest BCUT2D eigenvalue weighted by molar-refractivity contribution is 14.1. The molecule has 0 radical (unpaired) electrons. The number of rotatable bonds is 10. The molecule has 0 amide bonds. The van der Waals surface area contributed by atoms with Crippen LogP contribution in [-0.2, 0) is 0 Å². The van der Waals surface area contributed by atoms with Crippen LogP contribution in [-0.4, -0.2) is 28.4 Å². The third kappa shape index (κ3) is 5.33. The van der Waals surface area contributed by atoms with Gasteiger partial charge in [0.05, 0.1) is 0 Å². The van der Waals surface area contributed by atoms with Crippen LogP contribution < -0.4 is 0 Å². The lowest BCUT2D eigenvalue weighted by molar-refractivity contribution is -0.396. The molecule has 0 aliphatic carbocycles. The van der Waals surface area contributed by atoms with E-state index in [0.29, 0.717) is 12.8 Å². The summed E-state index contributed by atoms with van der Waals surface area (Å²) in [5, 5.41) is 0. The van der Waals surface area contributed by atoms with Gasteiger partial charge in [0.1, 0.15) is 0 Å². The Balaban J connectivity index is 4.53. The van der Waals surface area contributed by atoms with Crippen LogP contribution in [0.2, 0.25) is 0 Å². The van der Waals surface area contributed by atoms with Crippen molar-refractivity contribution in [2.45, 2.75) is 68.9 Å². The van der Waals surface area contributed by atoms with Gasteiger partial charge in [-0.15, -0.1) is 0 Å². The van der Waals surface area contributed by atoms with E-state index in [-0.39, 0.29) is 6.42 Å². The molecule has 0 heterocycles. The fourth-order valence-electron chi connectivity index (χ4n) is 1.71. The second kappa shape index (κ2) is 8.27. The van der Waals surface area contributed by atoms with Crippen LogP contribution in [0.4, 0.5) is 39.5 Å². The average Bonchev–Trinajstić information content (AvgIpc) is 2.35. The van der Waals surface area contributed by atoms with E-state index in [0.717, 1.165) is 17.3 Å². The predicted octanol–water partition coefficient (Wildman–Crippen LogP) is 6.62. The monoisotopic (exact) mass is 458 g/mol. The van der Waals surface area contributed by atoms with E-state index in [1.165, 1.54) is 0 Å². The Morgan fingerprint density at radius 1 is 0.545 bits per heavy atom. The van der Waals surface area contributed by atoms with Crippen molar-refractivity contribution in [2.24, 2.45) is 0 Å². The summed E-state index contributed by atoms with van der Waals surface area (Å²) < 4.78 is 114. The molecule has 0 saturated carbocycles. The van der Waals surface area contributed by atoms with Crippen molar-refractivity contribution < 1.29 is 39.5 Å². The molecule has 0 rings (SSSR count). The molecule has 0 N–H and O–H groups in total. The number of halogens is 10. The molecule has 0 nitrogen and oxygen atoms in total. The second-order valence-electron chi connectivity index (χ2n) is 4.91. The molecule has 0 aliphatic rings. The maximum absolute atomic E-state index is 13.1. The van der Waals surface area contributed by atoms with Crippen molar-refractivity contribution in [2.75, 3.05) is 4.43 Å². The third-order valence-corrected chi connectivity index (χ3v) is 3.85. The zero-order valence-corrected chi connectivity index (χ0v) is 13.6. The lowest BCUT2D eigenvalue weighted by Gasteiger charge is -2.33. The normalized spacial score (nSPS) is 14.5. The van der Waals surface area contributed by atoms with Crippen molar-refractivity contribution in [3.05, 3.63) is 0 Å². The van der Waals surface area contributed by atoms with Crippen LogP contribution in [0.15, 0.2) is 0 Å². The largest absolute Gasteiger partial charge is 0.460 e. The molecule has 0 fully saturated rings. The number of unbranched alkanes of at least 4 members (excludes halogenated alkanes) is 5. The molecule has 134 valence electrons. The third-order valence-electron chi connectivity index (χ3n) is 3.08. The fourth-order valence-corrected chi connectivity index (χ4v) is 2.25. The molecule has 0 atom stereocenters. The Labute approximate surface area is 136 Å². The van der Waals surface area contributed by atoms with Crippen LogP contribution in [0.3, 0.4) is 0 Å². The van der Waals surface area contributed by atoms with Crippen LogP contribution in [0.25, 0.3) is 0 Å². The summed E-state index contributed by atoms with van der Waals surface area (Å²) in [4.78, 5) is 0. The van der Waals surface area contributed by atoms with Gasteiger partial charge in [0.15, 0.2) is 0 Å². The van der Waals surface area contributed by atoms with Crippen LogP contribution in [0.1, 0.15) is 44.9 Å². The maximum Gasteiger partial charge on any atom is 0.460 e. The first-order valence-electron chi connectivity index (χ1n) is 6.57. The summed E-state index contributed by atoms with van der Waals surface area (Å²) in [7, 11) is 0. The first kappa shape index (κ1) is 22.1. The van der Waals surface area contributed by atoms with Gasteiger partial charge in [0.2, 0.25) is 0 Å². The van der Waals surface area contributed by atoms with Gasteiger partial charge in [-0.1, -0.05) is 48.3 Å². The smallest absolute Gasteiger partial charge is 0.200 e. The molecule has 0 spiro atoms. The van der Waals surface area contributed by atoms with E-state index in [1.54, 1.807) is 0 Å². The summed E-state index contributed by atoms with van der Waals surface area (Å²) >= 11 is 2.14. The highest BCUT2D eigenvalue weighted by atomic mass is 127. The lowest BCUT2D eigenvalue weighted by atomic mass is 9.98. The summed E-state index contributed by atoms with van der Waals surface area (Å²) in [5.41, 5.74) is 0. The van der Waals surface area contributed by atoms with E-state index in [9.17, 15) is 39.5 Å². The molecule has 0 bridgehead atoms. The molecule has 0 unspecified atom stereocenters. The second-order valence-corrected chi connectivity index (χ2v) is 5.99. The van der Waals surface area contributed by atoms with Gasteiger partial charge in [-0.25, -0.2) is 0 Å². The van der Waals surface area contributed by atoms with E-state index in [4.69, 9.17) is 0 Å². The molecule has 0 aromatic rings. The van der Waals surface area contributed by atoms with Crippen LogP contribution in [0.5, 0.6) is 0 Å². The first-order chi connectivity index (χ1) is 9.81. The minimum Gasteiger partial charge on any atom is -0.200 e. The Kier molecular flexibility index (Phi) is 8.31. The van der Waals surface area contributed by atoms with Crippen molar-refractivity contribution in [1.29, 1.82) is 0 Å². The fraction of sp³-hybridized carbons (Fsp3) is 1.00. The van der Waals surface area contributed by atoms with Crippen LogP contribution in [0, 0.1) is 0 Å². The standard InChI is InChI=1S/C12H16F9I/c13-9(14,7-5-3-1-2-4-6-8-22)10(15,16)11(17,18)12(19,20)21/h1-8H2. The molecule has 22 heavy (non-hydrogen) atoms. The topological polar surface area (TPSA) is 0 Å². The average molecular weight is 458 g/mol. The van der Waals surface area contributed by atoms with Crippen molar-refractivity contribution in [3.63, 3.8) is 0 Å². The Bertz CT molecular complexity index is 325. The summed E-state index contributed by atoms with van der Waals surface area (Å²) in [5.74, 6) is -18.7. The van der Waals surface area contributed by atoms with E-state index >= 15 is 0 Å². The predicted molar refractivity (Wildman–Crippen MR) is 72.1 cm³/mol. The summed E-state index contributed by atoms with van der Waals surface area (Å²) in [6.45, 7) is 0. The molecule has 0 aliphatic heterocycles. The summed E-state index contributed by atoms with van der Waals surface area (Å²) in [6, 6.07) is 0. The minimum atomic E-state index is -6.77. The van der Waals surface area contributed by atoms with E-state index in [1.807, 2.05) is 0 Å². The SMILES string of the molecule is FC(F)(F)C(F)(F)C(F)(F)C(F)(F)CCCCCCCCI. The van der Waals surface area contributed by atoms with Crippen molar-refractivity contribution in [1.82, 2.24) is 0 Å². The highest BCUT2D eigenvalue weighted by Gasteiger charge is 2.81. The molecular weight excluding hydrogens is 442 g/mol. The minimum absolute atomic E-state index is 0.0739. The van der Waals surface area contributed by atoms with E-state index < -0.39 is 36.8 Å². The highest BCUT2D eigenvalue weighted by Crippen LogP contribution is 2.54. The Hall–Kier alpha value is 0.1000. The van der Waals surface area contributed by atoms with Gasteiger partial charge in [-0.3, -0.25) is 0 Å². The van der Waals surface area contributed by atoms with Crippen molar-refractivity contribution >= 4 is 22.6 Å². The molecule has 0 saturated heterocycles. The van der Waals surface area contributed by atoms with Gasteiger partial charge in [0, 0.05) is 6.42 Å². The van der Waals surface area contributed by atoms with Crippen LogP contribution >= 0.6 is 22.6 Å². The zero-order valence-electron chi connectivity index (χ0n) is 11.4. The summed E-state index contributed by atoms with van der Waals surface area (Å²) in [6.07, 6.45) is -6.07. The first-order valence-corrected chi connectivity index (χ1v) is 8.10. The van der Waals surface area contributed by atoms with Crippen molar-refractivity contribution in [3.8, 4) is 0 Å². The molecule has 0 aromatic heterocycles. The van der Waals surface area contributed by atoms with Gasteiger partial charge < -0.3 is 0 Å². The van der Waals surface area contributed by atoms with E-state index in [2.05, 4.69) is 22.6 Å². The quantitative estimate of drug-likeness (QED) is 0.149.